The molecule has 0 saturated carbocycles. The lowest BCUT2D eigenvalue weighted by atomic mass is 10.0. The first-order chi connectivity index (χ1) is 23.8. The van der Waals surface area contributed by atoms with E-state index in [1.807, 2.05) is 4.90 Å². The largest absolute Gasteiger partial charge is 0.467 e. The zero-order chi connectivity index (χ0) is 34.1. The lowest BCUT2D eigenvalue weighted by Gasteiger charge is -2.35. The molecule has 3 aliphatic rings. The minimum Gasteiger partial charge on any atom is -0.467 e. The van der Waals surface area contributed by atoms with Crippen molar-refractivity contribution in [2.45, 2.75) is 31.5 Å². The fraction of sp³-hybridized carbons (Fsp3) is 0.364. The zero-order valence-electron chi connectivity index (χ0n) is 26.5. The van der Waals surface area contributed by atoms with Gasteiger partial charge >= 0.3 is 6.01 Å². The third kappa shape index (κ3) is 6.59. The van der Waals surface area contributed by atoms with Crippen LogP contribution in [-0.4, -0.2) is 110 Å². The van der Waals surface area contributed by atoms with Gasteiger partial charge < -0.3 is 14.5 Å². The Kier molecular flexibility index (Phi) is 9.27. The number of alkyl halides is 1. The third-order valence-electron chi connectivity index (χ3n) is 9.03. The average Bonchev–Trinajstić information content (AvgIpc) is 3.86. The number of aromatic nitrogens is 7. The molecule has 0 radical (unpaired) electrons. The van der Waals surface area contributed by atoms with E-state index in [4.69, 9.17) is 16.3 Å². The van der Waals surface area contributed by atoms with Crippen molar-refractivity contribution in [2.24, 2.45) is 0 Å². The number of halogens is 4. The van der Waals surface area contributed by atoms with Crippen LogP contribution < -0.4 is 9.64 Å². The first-order valence-electron chi connectivity index (χ1n) is 15.9. The number of benzene rings is 1. The van der Waals surface area contributed by atoms with Crippen LogP contribution in [0.1, 0.15) is 25.0 Å². The summed E-state index contributed by atoms with van der Waals surface area (Å²) in [7, 11) is 1.39. The van der Waals surface area contributed by atoms with E-state index in [0.29, 0.717) is 58.4 Å². The number of piperazine rings is 1. The minimum absolute atomic E-state index is 0.000121. The normalized spacial score (nSPS) is 19.7. The molecular formula is C33H32ClF3N10O2. The second-order valence-electron chi connectivity index (χ2n) is 12.0. The Hall–Kier alpha value is -4.89. The monoisotopic (exact) mass is 692 g/mol. The van der Waals surface area contributed by atoms with Gasteiger partial charge in [0.25, 0.3) is 5.91 Å². The van der Waals surface area contributed by atoms with Gasteiger partial charge in [0.15, 0.2) is 11.6 Å². The van der Waals surface area contributed by atoms with Gasteiger partial charge in [-0.1, -0.05) is 11.6 Å². The number of ether oxygens (including phenoxy) is 1. The summed E-state index contributed by atoms with van der Waals surface area (Å²) in [5, 5.41) is 15.6. The van der Waals surface area contributed by atoms with Crippen molar-refractivity contribution in [2.75, 3.05) is 51.3 Å². The fourth-order valence-corrected chi connectivity index (χ4v) is 6.90. The van der Waals surface area contributed by atoms with Crippen LogP contribution in [0.25, 0.3) is 39.1 Å². The standard InChI is InChI=1S/C26H20ClF2N9O2.C7H12FN/c1-40-26-33-22-16(12-30-23(21(22)29)20-15-13-32-36-19(15)5-4-17(20)27)24(34-26)37-7-9-38(10-8-37)25(39)18(28)11-14-3-2-6-31-35-14;8-6-4-7-2-1-3-9(7)5-6/h2-6,11-13H,7-10H2,1H3,(H,32,36);6-7H,1-5H2/b18-11-;. The van der Waals surface area contributed by atoms with Crippen molar-refractivity contribution >= 4 is 51.2 Å². The summed E-state index contributed by atoms with van der Waals surface area (Å²) in [5.74, 6) is -2.00. The SMILES string of the molecule is COc1nc(N2CCN(C(=O)/C(F)=C/c3cccnn3)CC2)c2cnc(-c3c(Cl)ccc4[nH]ncc34)c(F)c2n1.FC1CC2CCCN2C1. The molecule has 49 heavy (non-hydrogen) atoms. The maximum atomic E-state index is 16.0. The van der Waals surface area contributed by atoms with Crippen molar-refractivity contribution in [3.05, 3.63) is 65.2 Å². The molecule has 3 fully saturated rings. The molecule has 0 aliphatic carbocycles. The van der Waals surface area contributed by atoms with Gasteiger partial charge in [-0.25, -0.2) is 13.2 Å². The molecule has 1 N–H and O–H groups in total. The van der Waals surface area contributed by atoms with E-state index >= 15 is 4.39 Å². The number of pyridine rings is 1. The number of fused-ring (bicyclic) bond motifs is 3. The molecule has 0 spiro atoms. The summed E-state index contributed by atoms with van der Waals surface area (Å²) in [5.41, 5.74) is 1.31. The number of amides is 1. The fourth-order valence-electron chi connectivity index (χ4n) is 6.64. The number of H-pyrrole nitrogens is 1. The molecule has 16 heteroatoms. The number of rotatable bonds is 5. The van der Waals surface area contributed by atoms with Crippen LogP contribution in [0.4, 0.5) is 19.0 Å². The highest BCUT2D eigenvalue weighted by Gasteiger charge is 2.35. The number of carbonyl (C=O) groups is 1. The summed E-state index contributed by atoms with van der Waals surface area (Å²) in [6.07, 6.45) is 8.36. The third-order valence-corrected chi connectivity index (χ3v) is 9.35. The van der Waals surface area contributed by atoms with Crippen molar-refractivity contribution in [3.8, 4) is 17.3 Å². The van der Waals surface area contributed by atoms with Gasteiger partial charge in [-0.2, -0.15) is 25.3 Å². The summed E-state index contributed by atoms with van der Waals surface area (Å²) in [6, 6.07) is 7.11. The van der Waals surface area contributed by atoms with Crippen LogP contribution >= 0.6 is 11.6 Å². The van der Waals surface area contributed by atoms with Gasteiger partial charge in [-0.15, -0.1) is 0 Å². The highest BCUT2D eigenvalue weighted by atomic mass is 35.5. The van der Waals surface area contributed by atoms with Crippen molar-refractivity contribution < 1.29 is 22.7 Å². The Morgan fingerprint density at radius 3 is 2.69 bits per heavy atom. The number of carbonyl (C=O) groups excluding carboxylic acids is 1. The molecular weight excluding hydrogens is 661 g/mol. The van der Waals surface area contributed by atoms with E-state index in [0.717, 1.165) is 19.0 Å². The van der Waals surface area contributed by atoms with E-state index in [9.17, 15) is 13.6 Å². The summed E-state index contributed by atoms with van der Waals surface area (Å²) in [4.78, 5) is 31.3. The second-order valence-corrected chi connectivity index (χ2v) is 12.4. The number of methoxy groups -OCH3 is 1. The molecule has 12 nitrogen and oxygen atoms in total. The molecule has 0 bridgehead atoms. The van der Waals surface area contributed by atoms with Gasteiger partial charge in [0, 0.05) is 68.2 Å². The topological polar surface area (TPSA) is 129 Å². The van der Waals surface area contributed by atoms with Gasteiger partial charge in [0.2, 0.25) is 0 Å². The first kappa shape index (κ1) is 32.6. The van der Waals surface area contributed by atoms with Crippen molar-refractivity contribution in [1.29, 1.82) is 0 Å². The quantitative estimate of drug-likeness (QED) is 0.251. The highest BCUT2D eigenvalue weighted by Crippen LogP contribution is 2.38. The highest BCUT2D eigenvalue weighted by molar-refractivity contribution is 6.35. The van der Waals surface area contributed by atoms with E-state index in [1.54, 1.807) is 30.5 Å². The number of nitrogens with zero attached hydrogens (tertiary/aromatic N) is 9. The molecule has 7 heterocycles. The molecule has 2 atom stereocenters. The Labute approximate surface area is 284 Å². The lowest BCUT2D eigenvalue weighted by molar-refractivity contribution is -0.128. The van der Waals surface area contributed by atoms with Crippen LogP contribution in [0.2, 0.25) is 5.02 Å². The Balaban J connectivity index is 0.000000361. The Bertz CT molecular complexity index is 2010. The van der Waals surface area contributed by atoms with Crippen LogP contribution in [-0.2, 0) is 4.79 Å². The molecule has 4 aromatic heterocycles. The molecule has 5 aromatic rings. The number of hydrogen-bond acceptors (Lipinski definition) is 10. The van der Waals surface area contributed by atoms with Crippen LogP contribution in [0, 0.1) is 5.82 Å². The number of aromatic amines is 1. The van der Waals surface area contributed by atoms with E-state index in [2.05, 4.69) is 40.2 Å². The first-order valence-corrected chi connectivity index (χ1v) is 16.3. The molecule has 3 aliphatic heterocycles. The molecule has 3 saturated heterocycles. The van der Waals surface area contributed by atoms with E-state index in [1.165, 1.54) is 37.2 Å². The van der Waals surface area contributed by atoms with Gasteiger partial charge in [-0.05, 0) is 50.1 Å². The summed E-state index contributed by atoms with van der Waals surface area (Å²) < 4.78 is 48.5. The maximum absolute atomic E-state index is 16.0. The predicted molar refractivity (Wildman–Crippen MR) is 178 cm³/mol. The molecule has 2 unspecified atom stereocenters. The molecule has 8 rings (SSSR count). The summed E-state index contributed by atoms with van der Waals surface area (Å²) in [6.45, 7) is 2.89. The summed E-state index contributed by atoms with van der Waals surface area (Å²) >= 11 is 6.45. The molecule has 1 aromatic carbocycles. The van der Waals surface area contributed by atoms with Crippen LogP contribution in [0.15, 0.2) is 48.7 Å². The molecule has 254 valence electrons. The number of nitrogens with one attached hydrogen (secondary N) is 1. The zero-order valence-corrected chi connectivity index (χ0v) is 27.2. The molecule has 1 amide bonds. The average molecular weight is 693 g/mol. The second kappa shape index (κ2) is 13.9. The minimum atomic E-state index is -0.937. The van der Waals surface area contributed by atoms with Crippen molar-refractivity contribution in [1.82, 2.24) is 45.1 Å². The van der Waals surface area contributed by atoms with Crippen LogP contribution in [0.3, 0.4) is 0 Å². The van der Waals surface area contributed by atoms with Gasteiger partial charge in [-0.3, -0.25) is 19.8 Å². The van der Waals surface area contributed by atoms with Gasteiger partial charge in [0.1, 0.15) is 23.2 Å². The van der Waals surface area contributed by atoms with Gasteiger partial charge in [0.05, 0.1) is 34.9 Å². The number of anilines is 1. The van der Waals surface area contributed by atoms with Crippen molar-refractivity contribution in [3.63, 3.8) is 0 Å². The van der Waals surface area contributed by atoms with E-state index in [-0.39, 0.29) is 36.0 Å². The smallest absolute Gasteiger partial charge is 0.318 e. The van der Waals surface area contributed by atoms with E-state index < -0.39 is 23.7 Å². The van der Waals surface area contributed by atoms with Crippen LogP contribution in [0.5, 0.6) is 6.01 Å². The predicted octanol–water partition coefficient (Wildman–Crippen LogP) is 5.01. The Morgan fingerprint density at radius 1 is 1.10 bits per heavy atom. The lowest BCUT2D eigenvalue weighted by Crippen LogP contribution is -2.49. The number of hydrogen-bond donors (Lipinski definition) is 1. The Morgan fingerprint density at radius 2 is 1.94 bits per heavy atom. The maximum Gasteiger partial charge on any atom is 0.318 e.